The molecule has 0 fully saturated rings. The minimum atomic E-state index is 0.340. The summed E-state index contributed by atoms with van der Waals surface area (Å²) in [4.78, 5) is 10.6. The third-order valence-corrected chi connectivity index (χ3v) is 2.83. The Labute approximate surface area is 67.8 Å². The van der Waals surface area contributed by atoms with E-state index in [-0.39, 0.29) is 0 Å². The molecule has 0 N–H and O–H groups in total. The average Bonchev–Trinajstić information content (AvgIpc) is 2.17. The van der Waals surface area contributed by atoms with Gasteiger partial charge in [0.1, 0.15) is 6.29 Å². The lowest BCUT2D eigenvalue weighted by atomic mass is 9.99. The van der Waals surface area contributed by atoms with Crippen LogP contribution in [0.1, 0.15) is 27.7 Å². The Morgan fingerprint density at radius 3 is 1.91 bits per heavy atom. The Morgan fingerprint density at radius 2 is 1.73 bits per heavy atom. The predicted octanol–water partition coefficient (Wildman–Crippen LogP) is 2.49. The molecule has 0 heterocycles. The van der Waals surface area contributed by atoms with Crippen molar-refractivity contribution in [3.63, 3.8) is 0 Å². The van der Waals surface area contributed by atoms with Crippen LogP contribution in [0, 0.1) is 5.92 Å². The van der Waals surface area contributed by atoms with E-state index in [4.69, 9.17) is 0 Å². The van der Waals surface area contributed by atoms with Crippen molar-refractivity contribution in [1.29, 1.82) is 0 Å². The van der Waals surface area contributed by atoms with E-state index in [9.17, 15) is 4.79 Å². The Morgan fingerprint density at radius 1 is 1.18 bits per heavy atom. The molecule has 0 bridgehead atoms. The summed E-state index contributed by atoms with van der Waals surface area (Å²) >= 11 is 0. The zero-order valence-electron chi connectivity index (χ0n) is 7.56. The number of carbonyl (C=O) groups excluding carboxylic acids is 1. The van der Waals surface area contributed by atoms with Gasteiger partial charge in [0, 0.05) is 11.5 Å². The van der Waals surface area contributed by atoms with Crippen LogP contribution in [0.15, 0.2) is 22.3 Å². The van der Waals surface area contributed by atoms with Crippen LogP contribution in [0.3, 0.4) is 0 Å². The van der Waals surface area contributed by atoms with Crippen molar-refractivity contribution in [2.24, 2.45) is 5.92 Å². The molecule has 0 aromatic rings. The summed E-state index contributed by atoms with van der Waals surface area (Å²) in [6, 6.07) is 0. The first-order valence-corrected chi connectivity index (χ1v) is 3.93. The van der Waals surface area contributed by atoms with Crippen LogP contribution in [-0.2, 0) is 4.79 Å². The van der Waals surface area contributed by atoms with Crippen LogP contribution in [0.25, 0.3) is 0 Å². The van der Waals surface area contributed by atoms with Gasteiger partial charge in [-0.1, -0.05) is 12.5 Å². The van der Waals surface area contributed by atoms with Gasteiger partial charge in [-0.2, -0.15) is 0 Å². The van der Waals surface area contributed by atoms with Crippen LogP contribution in [0.5, 0.6) is 0 Å². The van der Waals surface area contributed by atoms with E-state index in [1.165, 1.54) is 16.7 Å². The summed E-state index contributed by atoms with van der Waals surface area (Å²) in [6.45, 7) is 8.28. The minimum Gasteiger partial charge on any atom is -0.298 e. The zero-order chi connectivity index (χ0) is 8.59. The molecule has 0 radical (unpaired) electrons. The fraction of sp³-hybridized carbons (Fsp3) is 0.500. The second kappa shape index (κ2) is 2.65. The Balaban J connectivity index is 3.14. The maximum absolute atomic E-state index is 10.6. The second-order valence-corrected chi connectivity index (χ2v) is 3.23. The highest BCUT2D eigenvalue weighted by Crippen LogP contribution is 2.34. The number of allylic oxidation sites excluding steroid dienone is 4. The van der Waals surface area contributed by atoms with Crippen LogP contribution in [0.4, 0.5) is 0 Å². The van der Waals surface area contributed by atoms with Gasteiger partial charge >= 0.3 is 0 Å². The van der Waals surface area contributed by atoms with Crippen molar-refractivity contribution < 1.29 is 4.79 Å². The third kappa shape index (κ3) is 1.05. The summed E-state index contributed by atoms with van der Waals surface area (Å²) in [5.74, 6) is 0.340. The van der Waals surface area contributed by atoms with Crippen molar-refractivity contribution >= 4 is 6.29 Å². The molecule has 1 aliphatic rings. The fourth-order valence-corrected chi connectivity index (χ4v) is 1.59. The second-order valence-electron chi connectivity index (χ2n) is 3.23. The maximum atomic E-state index is 10.6. The number of rotatable bonds is 1. The molecule has 0 amide bonds. The summed E-state index contributed by atoms with van der Waals surface area (Å²) < 4.78 is 0. The number of hydrogen-bond acceptors (Lipinski definition) is 1. The highest BCUT2D eigenvalue weighted by Gasteiger charge is 2.22. The molecule has 1 nitrogen and oxygen atoms in total. The van der Waals surface area contributed by atoms with Crippen LogP contribution < -0.4 is 0 Å². The Bertz CT molecular complexity index is 256. The van der Waals surface area contributed by atoms with Gasteiger partial charge in [0.2, 0.25) is 0 Å². The van der Waals surface area contributed by atoms with E-state index in [0.29, 0.717) is 5.92 Å². The molecule has 0 aromatic heterocycles. The fourth-order valence-electron chi connectivity index (χ4n) is 1.59. The molecule has 0 saturated heterocycles. The minimum absolute atomic E-state index is 0.340. The third-order valence-electron chi connectivity index (χ3n) is 2.83. The monoisotopic (exact) mass is 150 g/mol. The van der Waals surface area contributed by atoms with Crippen molar-refractivity contribution in [3.05, 3.63) is 22.3 Å². The predicted molar refractivity (Wildman–Crippen MR) is 46.3 cm³/mol. The molecule has 1 atom stereocenters. The van der Waals surface area contributed by atoms with Gasteiger partial charge in [0.15, 0.2) is 0 Å². The Kier molecular flexibility index (Phi) is 1.99. The van der Waals surface area contributed by atoms with E-state index in [0.717, 1.165) is 11.9 Å². The molecular formula is C10H14O. The normalized spacial score (nSPS) is 24.9. The van der Waals surface area contributed by atoms with Gasteiger partial charge in [-0.25, -0.2) is 0 Å². The molecule has 1 heteroatoms. The van der Waals surface area contributed by atoms with Gasteiger partial charge in [0.05, 0.1) is 0 Å². The van der Waals surface area contributed by atoms with E-state index in [1.807, 2.05) is 6.92 Å². The van der Waals surface area contributed by atoms with Crippen LogP contribution in [-0.4, -0.2) is 6.29 Å². The lowest BCUT2D eigenvalue weighted by molar-refractivity contribution is -0.105. The van der Waals surface area contributed by atoms with Crippen molar-refractivity contribution in [2.75, 3.05) is 0 Å². The van der Waals surface area contributed by atoms with Gasteiger partial charge in [-0.05, 0) is 31.9 Å². The smallest absolute Gasteiger partial charge is 0.146 e. The van der Waals surface area contributed by atoms with Crippen LogP contribution >= 0.6 is 0 Å². The lowest BCUT2D eigenvalue weighted by Gasteiger charge is -2.04. The standard InChI is InChI=1S/C10H14O/c1-6-7(2)9(4)10(5-11)8(6)3/h5,8H,1-4H3. The number of aldehydes is 1. The molecule has 0 spiro atoms. The molecule has 1 rings (SSSR count). The molecule has 11 heavy (non-hydrogen) atoms. The topological polar surface area (TPSA) is 17.1 Å². The lowest BCUT2D eigenvalue weighted by Crippen LogP contribution is -1.97. The highest BCUT2D eigenvalue weighted by atomic mass is 16.1. The van der Waals surface area contributed by atoms with Gasteiger partial charge in [-0.15, -0.1) is 0 Å². The first kappa shape index (κ1) is 8.25. The van der Waals surface area contributed by atoms with E-state index in [2.05, 4.69) is 20.8 Å². The summed E-state index contributed by atoms with van der Waals surface area (Å²) in [5, 5.41) is 0. The SMILES string of the molecule is CC1=C(C)C(C)C(C=O)=C1C. The molecule has 1 aliphatic carbocycles. The summed E-state index contributed by atoms with van der Waals surface area (Å²) in [5.41, 5.74) is 4.76. The molecular weight excluding hydrogens is 136 g/mol. The molecule has 1 unspecified atom stereocenters. The van der Waals surface area contributed by atoms with E-state index < -0.39 is 0 Å². The molecule has 60 valence electrons. The number of carbonyl (C=O) groups is 1. The van der Waals surface area contributed by atoms with Crippen LogP contribution in [0.2, 0.25) is 0 Å². The molecule has 0 aliphatic heterocycles. The molecule has 0 saturated carbocycles. The largest absolute Gasteiger partial charge is 0.298 e. The average molecular weight is 150 g/mol. The van der Waals surface area contributed by atoms with Crippen molar-refractivity contribution in [3.8, 4) is 0 Å². The maximum Gasteiger partial charge on any atom is 0.146 e. The van der Waals surface area contributed by atoms with Gasteiger partial charge < -0.3 is 0 Å². The van der Waals surface area contributed by atoms with E-state index in [1.54, 1.807) is 0 Å². The summed E-state index contributed by atoms with van der Waals surface area (Å²) in [6.07, 6.45) is 0.986. The van der Waals surface area contributed by atoms with Gasteiger partial charge in [0.25, 0.3) is 0 Å². The molecule has 0 aromatic carbocycles. The highest BCUT2D eigenvalue weighted by molar-refractivity contribution is 5.80. The summed E-state index contributed by atoms with van der Waals surface area (Å²) in [7, 11) is 0. The van der Waals surface area contributed by atoms with Crippen molar-refractivity contribution in [2.45, 2.75) is 27.7 Å². The van der Waals surface area contributed by atoms with Crippen molar-refractivity contribution in [1.82, 2.24) is 0 Å². The number of hydrogen-bond donors (Lipinski definition) is 0. The van der Waals surface area contributed by atoms with E-state index >= 15 is 0 Å². The quantitative estimate of drug-likeness (QED) is 0.525. The Hall–Kier alpha value is -0.850. The first-order chi connectivity index (χ1) is 5.09. The van der Waals surface area contributed by atoms with Gasteiger partial charge in [-0.3, -0.25) is 4.79 Å². The zero-order valence-corrected chi connectivity index (χ0v) is 7.56. The first-order valence-electron chi connectivity index (χ1n) is 3.93.